The highest BCUT2D eigenvalue weighted by Crippen LogP contribution is 2.25. The molecule has 19 heavy (non-hydrogen) atoms. The number of nitrogens with one attached hydrogen (secondary N) is 1. The van der Waals surface area contributed by atoms with E-state index in [0.717, 1.165) is 18.5 Å². The van der Waals surface area contributed by atoms with Gasteiger partial charge >= 0.3 is 0 Å². The summed E-state index contributed by atoms with van der Waals surface area (Å²) in [5.74, 6) is 0. The summed E-state index contributed by atoms with van der Waals surface area (Å²) in [7, 11) is 1.60. The number of hydrogen-bond donors (Lipinski definition) is 1. The highest BCUT2D eigenvalue weighted by atomic mass is 79.9. The lowest BCUT2D eigenvalue weighted by atomic mass is 9.95. The monoisotopic (exact) mass is 331 g/mol. The second-order valence-corrected chi connectivity index (χ2v) is 5.58. The van der Waals surface area contributed by atoms with Gasteiger partial charge in [-0.15, -0.1) is 0 Å². The fourth-order valence-electron chi connectivity index (χ4n) is 1.64. The highest BCUT2D eigenvalue weighted by Gasteiger charge is 2.21. The van der Waals surface area contributed by atoms with Crippen LogP contribution in [0.1, 0.15) is 33.6 Å². The number of halogens is 1. The van der Waals surface area contributed by atoms with E-state index in [9.17, 15) is 4.79 Å². The maximum Gasteiger partial charge on any atom is 0.283 e. The van der Waals surface area contributed by atoms with Gasteiger partial charge in [-0.2, -0.15) is 5.10 Å². The molecule has 0 spiro atoms. The summed E-state index contributed by atoms with van der Waals surface area (Å²) in [5.41, 5.74) is 0.566. The molecule has 1 aromatic heterocycles. The Morgan fingerprint density at radius 3 is 2.63 bits per heavy atom. The molecule has 0 aliphatic heterocycles. The third-order valence-electron chi connectivity index (χ3n) is 3.49. The molecule has 0 aromatic carbocycles. The average Bonchev–Trinajstić information content (AvgIpc) is 2.43. The van der Waals surface area contributed by atoms with Gasteiger partial charge in [0.2, 0.25) is 0 Å². The highest BCUT2D eigenvalue weighted by molar-refractivity contribution is 9.10. The smallest absolute Gasteiger partial charge is 0.283 e. The summed E-state index contributed by atoms with van der Waals surface area (Å²) < 4.78 is 6.87. The Morgan fingerprint density at radius 2 is 2.11 bits per heavy atom. The second kappa shape index (κ2) is 7.05. The minimum atomic E-state index is -0.142. The van der Waals surface area contributed by atoms with Crippen LogP contribution in [-0.4, -0.2) is 29.0 Å². The number of ether oxygens (including phenoxy) is 1. The van der Waals surface area contributed by atoms with E-state index in [1.807, 2.05) is 0 Å². The van der Waals surface area contributed by atoms with E-state index in [-0.39, 0.29) is 11.1 Å². The molecule has 1 N–H and O–H groups in total. The molecule has 0 radical (unpaired) electrons. The number of hydrogen-bond acceptors (Lipinski definition) is 4. The van der Waals surface area contributed by atoms with Crippen LogP contribution in [0.4, 0.5) is 5.69 Å². The van der Waals surface area contributed by atoms with E-state index in [2.05, 4.69) is 47.1 Å². The molecule has 5 nitrogen and oxygen atoms in total. The number of aromatic nitrogens is 2. The second-order valence-electron chi connectivity index (χ2n) is 4.79. The van der Waals surface area contributed by atoms with Gasteiger partial charge in [0.1, 0.15) is 4.47 Å². The molecule has 1 heterocycles. The molecule has 0 aliphatic rings. The van der Waals surface area contributed by atoms with Crippen molar-refractivity contribution in [3.63, 3.8) is 0 Å². The van der Waals surface area contributed by atoms with Gasteiger partial charge in [-0.05, 0) is 35.7 Å². The first-order valence-electron chi connectivity index (χ1n) is 6.50. The summed E-state index contributed by atoms with van der Waals surface area (Å²) >= 11 is 3.36. The first-order chi connectivity index (χ1) is 8.97. The van der Waals surface area contributed by atoms with Crippen molar-refractivity contribution in [2.45, 2.75) is 45.7 Å². The Bertz CT molecular complexity index is 469. The standard InChI is InChI=1S/C13H22BrN3O2/c1-5-13(3,6-2)16-10-9-15-17(7-8-19-4)12(18)11(10)14/h9,16H,5-8H2,1-4H3. The van der Waals surface area contributed by atoms with Gasteiger partial charge in [0.25, 0.3) is 5.56 Å². The molecule has 0 saturated carbocycles. The molecule has 1 aromatic rings. The van der Waals surface area contributed by atoms with Crippen LogP contribution in [0.5, 0.6) is 0 Å². The largest absolute Gasteiger partial charge is 0.383 e. The van der Waals surface area contributed by atoms with Gasteiger partial charge in [0.05, 0.1) is 25.0 Å². The minimum Gasteiger partial charge on any atom is -0.383 e. The molecular weight excluding hydrogens is 310 g/mol. The van der Waals surface area contributed by atoms with Crippen LogP contribution in [0.2, 0.25) is 0 Å². The molecular formula is C13H22BrN3O2. The first kappa shape index (κ1) is 16.2. The Labute approximate surface area is 122 Å². The van der Waals surface area contributed by atoms with Crippen LogP contribution in [0.15, 0.2) is 15.5 Å². The zero-order chi connectivity index (χ0) is 14.5. The average molecular weight is 332 g/mol. The van der Waals surface area contributed by atoms with Crippen molar-refractivity contribution in [3.05, 3.63) is 21.0 Å². The van der Waals surface area contributed by atoms with E-state index < -0.39 is 0 Å². The summed E-state index contributed by atoms with van der Waals surface area (Å²) in [4.78, 5) is 12.1. The number of anilines is 1. The molecule has 0 atom stereocenters. The summed E-state index contributed by atoms with van der Waals surface area (Å²) in [6, 6.07) is 0. The summed E-state index contributed by atoms with van der Waals surface area (Å²) in [5, 5.41) is 7.55. The van der Waals surface area contributed by atoms with Gasteiger partial charge in [-0.25, -0.2) is 4.68 Å². The maximum absolute atomic E-state index is 12.1. The van der Waals surface area contributed by atoms with Crippen molar-refractivity contribution >= 4 is 21.6 Å². The van der Waals surface area contributed by atoms with Crippen molar-refractivity contribution in [2.75, 3.05) is 19.0 Å². The van der Waals surface area contributed by atoms with E-state index in [1.54, 1.807) is 13.3 Å². The predicted octanol–water partition coefficient (Wildman–Crippen LogP) is 2.64. The summed E-state index contributed by atoms with van der Waals surface area (Å²) in [6.07, 6.45) is 3.64. The Morgan fingerprint density at radius 1 is 1.47 bits per heavy atom. The lowest BCUT2D eigenvalue weighted by molar-refractivity contribution is 0.181. The first-order valence-corrected chi connectivity index (χ1v) is 7.29. The van der Waals surface area contributed by atoms with Gasteiger partial charge in [0.15, 0.2) is 0 Å². The van der Waals surface area contributed by atoms with Gasteiger partial charge in [0, 0.05) is 12.6 Å². The number of methoxy groups -OCH3 is 1. The van der Waals surface area contributed by atoms with Crippen LogP contribution in [0, 0.1) is 0 Å². The Balaban J connectivity index is 2.99. The molecule has 6 heteroatoms. The maximum atomic E-state index is 12.1. The van der Waals surface area contributed by atoms with E-state index in [0.29, 0.717) is 17.6 Å². The van der Waals surface area contributed by atoms with Crippen molar-refractivity contribution in [1.29, 1.82) is 0 Å². The molecule has 0 saturated heterocycles. The zero-order valence-electron chi connectivity index (χ0n) is 12.0. The zero-order valence-corrected chi connectivity index (χ0v) is 13.6. The molecule has 1 rings (SSSR count). The van der Waals surface area contributed by atoms with Crippen LogP contribution < -0.4 is 10.9 Å². The SMILES string of the molecule is CCC(C)(CC)Nc1cnn(CCOC)c(=O)c1Br. The molecule has 0 bridgehead atoms. The minimum absolute atomic E-state index is 0.0324. The van der Waals surface area contributed by atoms with Crippen LogP contribution in [0.25, 0.3) is 0 Å². The predicted molar refractivity (Wildman–Crippen MR) is 80.7 cm³/mol. The van der Waals surface area contributed by atoms with Crippen molar-refractivity contribution in [2.24, 2.45) is 0 Å². The molecule has 0 unspecified atom stereocenters. The molecule has 0 fully saturated rings. The normalized spacial score (nSPS) is 11.6. The molecule has 0 aliphatic carbocycles. The molecule has 108 valence electrons. The lowest BCUT2D eigenvalue weighted by Crippen LogP contribution is -2.35. The van der Waals surface area contributed by atoms with E-state index in [4.69, 9.17) is 4.74 Å². The van der Waals surface area contributed by atoms with Crippen LogP contribution in [0.3, 0.4) is 0 Å². The van der Waals surface area contributed by atoms with E-state index >= 15 is 0 Å². The van der Waals surface area contributed by atoms with Gasteiger partial charge < -0.3 is 10.1 Å². The van der Waals surface area contributed by atoms with Crippen LogP contribution in [-0.2, 0) is 11.3 Å². The Hall–Kier alpha value is -0.880. The fourth-order valence-corrected chi connectivity index (χ4v) is 2.05. The molecule has 0 amide bonds. The third kappa shape index (κ3) is 4.04. The van der Waals surface area contributed by atoms with Crippen molar-refractivity contribution < 1.29 is 4.74 Å². The number of nitrogens with zero attached hydrogens (tertiary/aromatic N) is 2. The summed E-state index contributed by atoms with van der Waals surface area (Å²) in [6.45, 7) is 7.30. The number of rotatable bonds is 7. The van der Waals surface area contributed by atoms with Gasteiger partial charge in [-0.3, -0.25) is 4.79 Å². The van der Waals surface area contributed by atoms with Crippen molar-refractivity contribution in [3.8, 4) is 0 Å². The van der Waals surface area contributed by atoms with E-state index in [1.165, 1.54) is 4.68 Å². The van der Waals surface area contributed by atoms with Crippen molar-refractivity contribution in [1.82, 2.24) is 9.78 Å². The van der Waals surface area contributed by atoms with Gasteiger partial charge in [-0.1, -0.05) is 13.8 Å². The Kier molecular flexibility index (Phi) is 6.00. The third-order valence-corrected chi connectivity index (χ3v) is 4.26. The van der Waals surface area contributed by atoms with Crippen LogP contribution >= 0.6 is 15.9 Å². The topological polar surface area (TPSA) is 56.1 Å². The lowest BCUT2D eigenvalue weighted by Gasteiger charge is -2.29. The fraction of sp³-hybridized carbons (Fsp3) is 0.692. The quantitative estimate of drug-likeness (QED) is 0.834.